The molecule has 0 bridgehead atoms. The molecule has 0 spiro atoms. The molecule has 2 aromatic heterocycles. The number of rotatable bonds is 4. The summed E-state index contributed by atoms with van der Waals surface area (Å²) in [6.45, 7) is 0.886. The van der Waals surface area contributed by atoms with Crippen molar-refractivity contribution >= 4 is 53.7 Å². The van der Waals surface area contributed by atoms with E-state index < -0.39 is 15.1 Å². The highest BCUT2D eigenvalue weighted by Gasteiger charge is 2.30. The lowest BCUT2D eigenvalue weighted by atomic mass is 10.2. The van der Waals surface area contributed by atoms with Crippen molar-refractivity contribution in [3.8, 4) is 0 Å². The van der Waals surface area contributed by atoms with E-state index >= 15 is 0 Å². The van der Waals surface area contributed by atoms with Gasteiger partial charge in [-0.25, -0.2) is 13.4 Å². The molecule has 1 N–H and O–H groups in total. The second-order valence-electron chi connectivity index (χ2n) is 7.08. The number of aromatic nitrogens is 2. The Morgan fingerprint density at radius 3 is 2.86 bits per heavy atom. The van der Waals surface area contributed by atoms with Crippen molar-refractivity contribution in [1.82, 2.24) is 9.97 Å². The standard InChI is InChI=1S/C21H19N3O3S2/c25-29(26,16-2-1-9-27-12-16)15-4-5-18-17(11-15)19(7-8-22-18)24-14-3-6-21-20(10-14)23-13-28-21/h3-8,10-11,13,16H,1-2,9,12H2,(H,22,24)/t16-/m1/s1. The third-order valence-electron chi connectivity index (χ3n) is 5.21. The van der Waals surface area contributed by atoms with E-state index in [1.807, 2.05) is 29.8 Å². The molecule has 0 unspecified atom stereocenters. The number of hydrogen-bond donors (Lipinski definition) is 1. The van der Waals surface area contributed by atoms with Crippen molar-refractivity contribution in [2.45, 2.75) is 23.0 Å². The summed E-state index contributed by atoms with van der Waals surface area (Å²) in [5.74, 6) is 0. The summed E-state index contributed by atoms with van der Waals surface area (Å²) in [7, 11) is -3.45. The Morgan fingerprint density at radius 2 is 2.00 bits per heavy atom. The zero-order chi connectivity index (χ0) is 19.8. The average Bonchev–Trinajstić information content (AvgIpc) is 3.22. The largest absolute Gasteiger partial charge is 0.380 e. The van der Waals surface area contributed by atoms with Crippen LogP contribution in [-0.2, 0) is 14.6 Å². The number of hydrogen-bond acceptors (Lipinski definition) is 7. The molecule has 29 heavy (non-hydrogen) atoms. The van der Waals surface area contributed by atoms with Gasteiger partial charge < -0.3 is 10.1 Å². The third-order valence-corrected chi connectivity index (χ3v) is 8.18. The highest BCUT2D eigenvalue weighted by molar-refractivity contribution is 7.92. The fourth-order valence-corrected chi connectivity index (χ4v) is 5.99. The Balaban J connectivity index is 1.54. The summed E-state index contributed by atoms with van der Waals surface area (Å²) < 4.78 is 32.7. The summed E-state index contributed by atoms with van der Waals surface area (Å²) in [6, 6.07) is 13.0. The van der Waals surface area contributed by atoms with Gasteiger partial charge in [-0.05, 0) is 55.3 Å². The smallest absolute Gasteiger partial charge is 0.183 e. The van der Waals surface area contributed by atoms with Gasteiger partial charge in [0.1, 0.15) is 0 Å². The van der Waals surface area contributed by atoms with Crippen LogP contribution < -0.4 is 5.32 Å². The van der Waals surface area contributed by atoms with Crippen LogP contribution in [0.3, 0.4) is 0 Å². The molecule has 0 saturated carbocycles. The van der Waals surface area contributed by atoms with Gasteiger partial charge in [-0.2, -0.15) is 0 Å². The van der Waals surface area contributed by atoms with E-state index in [2.05, 4.69) is 15.3 Å². The van der Waals surface area contributed by atoms with Crippen molar-refractivity contribution < 1.29 is 13.2 Å². The number of anilines is 2. The highest BCUT2D eigenvalue weighted by Crippen LogP contribution is 2.31. The average molecular weight is 426 g/mol. The van der Waals surface area contributed by atoms with E-state index in [-0.39, 0.29) is 6.61 Å². The van der Waals surface area contributed by atoms with Crippen LogP contribution in [0.2, 0.25) is 0 Å². The molecule has 6 nitrogen and oxygen atoms in total. The van der Waals surface area contributed by atoms with Crippen molar-refractivity contribution in [3.05, 3.63) is 54.2 Å². The van der Waals surface area contributed by atoms with Gasteiger partial charge in [0.05, 0.1) is 38.0 Å². The minimum Gasteiger partial charge on any atom is -0.380 e. The van der Waals surface area contributed by atoms with Crippen molar-refractivity contribution in [3.63, 3.8) is 0 Å². The molecule has 4 aromatic rings. The molecule has 1 aliphatic rings. The molecule has 8 heteroatoms. The second kappa shape index (κ2) is 7.37. The maximum Gasteiger partial charge on any atom is 0.183 e. The molecule has 1 fully saturated rings. The Morgan fingerprint density at radius 1 is 1.07 bits per heavy atom. The van der Waals surface area contributed by atoms with Crippen LogP contribution in [0.25, 0.3) is 21.1 Å². The summed E-state index contributed by atoms with van der Waals surface area (Å²) in [6.07, 6.45) is 3.12. The summed E-state index contributed by atoms with van der Waals surface area (Å²) in [5, 5.41) is 3.67. The number of pyridine rings is 1. The zero-order valence-electron chi connectivity index (χ0n) is 15.5. The normalized spacial score (nSPS) is 17.6. The molecule has 3 heterocycles. The molecule has 0 aliphatic carbocycles. The summed E-state index contributed by atoms with van der Waals surface area (Å²) >= 11 is 1.60. The number of fused-ring (bicyclic) bond motifs is 2. The number of thiazole rings is 1. The zero-order valence-corrected chi connectivity index (χ0v) is 17.2. The van der Waals surface area contributed by atoms with Crippen LogP contribution in [0.4, 0.5) is 11.4 Å². The number of nitrogens with one attached hydrogen (secondary N) is 1. The SMILES string of the molecule is O=S(=O)(c1ccc2nccc(Nc3ccc4scnc4c3)c2c1)[C@@H]1CCCOC1. The Labute approximate surface area is 172 Å². The molecule has 0 amide bonds. The molecule has 1 atom stereocenters. The van der Waals surface area contributed by atoms with E-state index in [0.29, 0.717) is 17.9 Å². The van der Waals surface area contributed by atoms with Crippen LogP contribution in [0, 0.1) is 0 Å². The van der Waals surface area contributed by atoms with E-state index in [0.717, 1.165) is 38.9 Å². The van der Waals surface area contributed by atoms with Crippen LogP contribution in [0.5, 0.6) is 0 Å². The maximum absolute atomic E-state index is 13.1. The van der Waals surface area contributed by atoms with Gasteiger partial charge in [0.15, 0.2) is 9.84 Å². The Hall–Kier alpha value is -2.55. The number of nitrogens with zero attached hydrogens (tertiary/aromatic N) is 2. The van der Waals surface area contributed by atoms with Crippen LogP contribution in [0.1, 0.15) is 12.8 Å². The van der Waals surface area contributed by atoms with Crippen molar-refractivity contribution in [1.29, 1.82) is 0 Å². The molecular formula is C21H19N3O3S2. The number of ether oxygens (including phenoxy) is 1. The maximum atomic E-state index is 13.1. The lowest BCUT2D eigenvalue weighted by Crippen LogP contribution is -2.30. The Bertz CT molecular complexity index is 1300. The lowest BCUT2D eigenvalue weighted by Gasteiger charge is -2.22. The fourth-order valence-electron chi connectivity index (χ4n) is 3.65. The first-order chi connectivity index (χ1) is 14.1. The first kappa shape index (κ1) is 18.5. The molecule has 2 aromatic carbocycles. The van der Waals surface area contributed by atoms with E-state index in [9.17, 15) is 8.42 Å². The van der Waals surface area contributed by atoms with Gasteiger partial charge in [0.25, 0.3) is 0 Å². The lowest BCUT2D eigenvalue weighted by molar-refractivity contribution is 0.0991. The van der Waals surface area contributed by atoms with Crippen LogP contribution in [0.15, 0.2) is 59.1 Å². The van der Waals surface area contributed by atoms with Crippen molar-refractivity contribution in [2.75, 3.05) is 18.5 Å². The molecule has 0 radical (unpaired) electrons. The molecule has 1 aliphatic heterocycles. The Kier molecular flexibility index (Phi) is 4.69. The molecule has 1 saturated heterocycles. The predicted molar refractivity (Wildman–Crippen MR) is 116 cm³/mol. The van der Waals surface area contributed by atoms with Gasteiger partial charge in [0.2, 0.25) is 0 Å². The topological polar surface area (TPSA) is 81.2 Å². The van der Waals surface area contributed by atoms with Crippen molar-refractivity contribution in [2.24, 2.45) is 0 Å². The van der Waals surface area contributed by atoms with Gasteiger partial charge in [-0.15, -0.1) is 11.3 Å². The van der Waals surface area contributed by atoms with Gasteiger partial charge in [-0.1, -0.05) is 0 Å². The minimum atomic E-state index is -3.45. The fraction of sp³-hybridized carbons (Fsp3) is 0.238. The van der Waals surface area contributed by atoms with E-state index in [4.69, 9.17) is 4.74 Å². The van der Waals surface area contributed by atoms with Gasteiger partial charge in [0, 0.05) is 29.6 Å². The van der Waals surface area contributed by atoms with Crippen LogP contribution in [-0.4, -0.2) is 36.8 Å². The third kappa shape index (κ3) is 3.48. The monoisotopic (exact) mass is 425 g/mol. The van der Waals surface area contributed by atoms with E-state index in [1.54, 1.807) is 35.7 Å². The minimum absolute atomic E-state index is 0.256. The van der Waals surface area contributed by atoms with Crippen LogP contribution >= 0.6 is 11.3 Å². The number of benzene rings is 2. The van der Waals surface area contributed by atoms with Gasteiger partial charge in [-0.3, -0.25) is 4.98 Å². The van der Waals surface area contributed by atoms with E-state index in [1.165, 1.54) is 0 Å². The first-order valence-corrected chi connectivity index (χ1v) is 11.8. The summed E-state index contributed by atoms with van der Waals surface area (Å²) in [5.41, 5.74) is 5.19. The number of sulfone groups is 1. The van der Waals surface area contributed by atoms with Gasteiger partial charge >= 0.3 is 0 Å². The first-order valence-electron chi connectivity index (χ1n) is 9.42. The summed E-state index contributed by atoms with van der Waals surface area (Å²) in [4.78, 5) is 9.06. The molecular weight excluding hydrogens is 406 g/mol. The second-order valence-corrected chi connectivity index (χ2v) is 10.2. The predicted octanol–water partition coefficient (Wildman–Crippen LogP) is 4.54. The quantitative estimate of drug-likeness (QED) is 0.517. The molecule has 148 valence electrons. The highest BCUT2D eigenvalue weighted by atomic mass is 32.2. The molecule has 5 rings (SSSR count).